The van der Waals surface area contributed by atoms with Crippen molar-refractivity contribution in [3.05, 3.63) is 54.4 Å². The van der Waals surface area contributed by atoms with E-state index in [0.717, 1.165) is 22.4 Å². The maximum absolute atomic E-state index is 13.0. The number of benzene rings is 2. The number of aryl methyl sites for hydroxylation is 1. The van der Waals surface area contributed by atoms with Gasteiger partial charge in [-0.3, -0.25) is 14.3 Å². The van der Waals surface area contributed by atoms with Crippen molar-refractivity contribution in [1.29, 1.82) is 0 Å². The molecule has 0 bridgehead atoms. The first-order chi connectivity index (χ1) is 15.6. The summed E-state index contributed by atoms with van der Waals surface area (Å²) in [6.45, 7) is 10.8. The maximum atomic E-state index is 13.0. The van der Waals surface area contributed by atoms with Crippen molar-refractivity contribution >= 4 is 36.4 Å². The van der Waals surface area contributed by atoms with E-state index in [1.54, 1.807) is 10.9 Å². The molecule has 0 aliphatic rings. The van der Waals surface area contributed by atoms with Gasteiger partial charge < -0.3 is 15.4 Å². The molecule has 0 saturated carbocycles. The van der Waals surface area contributed by atoms with Gasteiger partial charge in [0.05, 0.1) is 38.7 Å². The monoisotopic (exact) mass is 464 g/mol. The van der Waals surface area contributed by atoms with E-state index in [4.69, 9.17) is 4.74 Å². The number of carbonyl (C=O) groups is 2. The van der Waals surface area contributed by atoms with Crippen molar-refractivity contribution in [2.24, 2.45) is 7.05 Å². The molecule has 2 amide bonds. The van der Waals surface area contributed by atoms with E-state index < -0.39 is 8.07 Å². The molecule has 0 aliphatic heterocycles. The Balaban J connectivity index is 2.13. The summed E-state index contributed by atoms with van der Waals surface area (Å²) in [6, 6.07) is 11.8. The molecule has 0 fully saturated rings. The maximum Gasteiger partial charge on any atom is 0.228 e. The number of amides is 2. The molecule has 0 saturated heterocycles. The summed E-state index contributed by atoms with van der Waals surface area (Å²) in [6.07, 6.45) is 3.69. The zero-order chi connectivity index (χ0) is 24.2. The smallest absolute Gasteiger partial charge is 0.228 e. The Labute approximate surface area is 196 Å². The van der Waals surface area contributed by atoms with Crippen LogP contribution >= 0.6 is 0 Å². The van der Waals surface area contributed by atoms with E-state index in [9.17, 15) is 9.59 Å². The summed E-state index contributed by atoms with van der Waals surface area (Å²) in [5, 5.41) is 11.3. The molecule has 3 aromatic rings. The molecule has 0 atom stereocenters. The molecule has 0 aliphatic carbocycles. The molecule has 0 spiro atoms. The van der Waals surface area contributed by atoms with E-state index in [1.807, 2.05) is 50.5 Å². The number of carbonyl (C=O) groups excluding carboxylic acids is 2. The minimum atomic E-state index is -1.81. The summed E-state index contributed by atoms with van der Waals surface area (Å²) in [5.74, 6) is 0.418. The molecule has 1 heterocycles. The number of anilines is 2. The molecule has 2 aromatic carbocycles. The molecule has 0 unspecified atom stereocenters. The first-order valence-corrected chi connectivity index (χ1v) is 14.5. The summed E-state index contributed by atoms with van der Waals surface area (Å²) in [5.41, 5.74) is 3.90. The van der Waals surface area contributed by atoms with Crippen LogP contribution in [0.4, 0.5) is 11.4 Å². The number of aromatic nitrogens is 2. The van der Waals surface area contributed by atoms with Gasteiger partial charge in [0.2, 0.25) is 11.8 Å². The van der Waals surface area contributed by atoms with Crippen LogP contribution in [0.2, 0.25) is 19.6 Å². The van der Waals surface area contributed by atoms with Crippen molar-refractivity contribution in [2.75, 3.05) is 17.2 Å². The summed E-state index contributed by atoms with van der Waals surface area (Å²) < 4.78 is 7.28. The molecule has 174 valence electrons. The molecule has 0 radical (unpaired) electrons. The van der Waals surface area contributed by atoms with Crippen molar-refractivity contribution in [1.82, 2.24) is 9.78 Å². The zero-order valence-corrected chi connectivity index (χ0v) is 21.2. The molecule has 2 N–H and O–H groups in total. The van der Waals surface area contributed by atoms with Gasteiger partial charge in [0, 0.05) is 25.7 Å². The highest BCUT2D eigenvalue weighted by molar-refractivity contribution is 6.89. The Morgan fingerprint density at radius 2 is 1.76 bits per heavy atom. The van der Waals surface area contributed by atoms with Gasteiger partial charge >= 0.3 is 0 Å². The first-order valence-electron chi connectivity index (χ1n) is 11.0. The third-order valence-electron chi connectivity index (χ3n) is 5.17. The third kappa shape index (κ3) is 6.10. The van der Waals surface area contributed by atoms with E-state index in [2.05, 4.69) is 41.4 Å². The molecule has 8 heteroatoms. The van der Waals surface area contributed by atoms with E-state index in [0.29, 0.717) is 18.0 Å². The highest BCUT2D eigenvalue weighted by atomic mass is 28.3. The van der Waals surface area contributed by atoms with E-state index >= 15 is 0 Å². The van der Waals surface area contributed by atoms with Gasteiger partial charge in [0.25, 0.3) is 0 Å². The Morgan fingerprint density at radius 1 is 1.06 bits per heavy atom. The van der Waals surface area contributed by atoms with Crippen LogP contribution in [-0.4, -0.2) is 36.3 Å². The average Bonchev–Trinajstić information content (AvgIpc) is 3.13. The number of nitrogens with zero attached hydrogens (tertiary/aromatic N) is 2. The fourth-order valence-corrected chi connectivity index (χ4v) is 5.37. The zero-order valence-electron chi connectivity index (χ0n) is 20.2. The van der Waals surface area contributed by atoms with Gasteiger partial charge in [-0.15, -0.1) is 0 Å². The van der Waals surface area contributed by atoms with Crippen LogP contribution in [0.15, 0.2) is 48.8 Å². The van der Waals surface area contributed by atoms with Crippen molar-refractivity contribution in [3.8, 4) is 16.9 Å². The fourth-order valence-electron chi connectivity index (χ4n) is 3.77. The minimum absolute atomic E-state index is 0.172. The second kappa shape index (κ2) is 10.0. The lowest BCUT2D eigenvalue weighted by Gasteiger charge is -2.26. The third-order valence-corrected chi connectivity index (χ3v) is 7.20. The Morgan fingerprint density at radius 3 is 2.30 bits per heavy atom. The van der Waals surface area contributed by atoms with Crippen LogP contribution < -0.4 is 20.6 Å². The summed E-state index contributed by atoms with van der Waals surface area (Å²) in [4.78, 5) is 25.0. The van der Waals surface area contributed by atoms with Crippen molar-refractivity contribution < 1.29 is 14.3 Å². The largest absolute Gasteiger partial charge is 0.494 e. The second-order valence-electron chi connectivity index (χ2n) is 9.05. The van der Waals surface area contributed by atoms with Gasteiger partial charge in [-0.1, -0.05) is 43.0 Å². The molecule has 1 aromatic heterocycles. The predicted molar refractivity (Wildman–Crippen MR) is 136 cm³/mol. The quantitative estimate of drug-likeness (QED) is 0.490. The van der Waals surface area contributed by atoms with E-state index in [1.165, 1.54) is 12.1 Å². The highest BCUT2D eigenvalue weighted by Crippen LogP contribution is 2.36. The lowest BCUT2D eigenvalue weighted by Crippen LogP contribution is -2.39. The van der Waals surface area contributed by atoms with E-state index in [-0.39, 0.29) is 18.2 Å². The molecule has 3 rings (SSSR count). The van der Waals surface area contributed by atoms with Crippen LogP contribution in [-0.2, 0) is 23.1 Å². The summed E-state index contributed by atoms with van der Waals surface area (Å²) >= 11 is 0. The second-order valence-corrected chi connectivity index (χ2v) is 14.1. The van der Waals surface area contributed by atoms with Crippen LogP contribution in [0.1, 0.15) is 19.4 Å². The van der Waals surface area contributed by atoms with Crippen LogP contribution in [0.5, 0.6) is 5.75 Å². The van der Waals surface area contributed by atoms with Crippen molar-refractivity contribution in [3.63, 3.8) is 0 Å². The van der Waals surface area contributed by atoms with Gasteiger partial charge in [0.1, 0.15) is 5.75 Å². The number of ether oxygens (including phenoxy) is 1. The van der Waals surface area contributed by atoms with Crippen LogP contribution in [0, 0.1) is 0 Å². The van der Waals surface area contributed by atoms with Crippen LogP contribution in [0.25, 0.3) is 11.1 Å². The molecule has 33 heavy (non-hydrogen) atoms. The molecular formula is C25H32N4O3Si. The first kappa shape index (κ1) is 24.3. The SMILES string of the molecule is CCOc1ccc(-c2c([Si](C)(C)C)ccc(NC(C)=O)c2NC(=O)Cc2cnn(C)c2)cc1. The highest BCUT2D eigenvalue weighted by Gasteiger charge is 2.26. The minimum Gasteiger partial charge on any atom is -0.494 e. The molecule has 7 nitrogen and oxygen atoms in total. The van der Waals surface area contributed by atoms with Crippen LogP contribution in [0.3, 0.4) is 0 Å². The van der Waals surface area contributed by atoms with Gasteiger partial charge in [-0.2, -0.15) is 5.10 Å². The van der Waals surface area contributed by atoms with Crippen molar-refractivity contribution in [2.45, 2.75) is 39.9 Å². The number of hydrogen-bond donors (Lipinski definition) is 2. The number of hydrogen-bond acceptors (Lipinski definition) is 4. The Bertz CT molecular complexity index is 1150. The lowest BCUT2D eigenvalue weighted by molar-refractivity contribution is -0.116. The number of rotatable bonds is 8. The average molecular weight is 465 g/mol. The standard InChI is InChI=1S/C25H32N4O3Si/c1-7-32-20-10-8-19(9-11-20)24-22(33(4,5)6)13-12-21(27-17(2)30)25(24)28-23(31)14-18-15-26-29(3)16-18/h8-13,15-16H,7,14H2,1-6H3,(H,27,30)(H,28,31). The lowest BCUT2D eigenvalue weighted by atomic mass is 10.0. The molecular weight excluding hydrogens is 432 g/mol. The normalized spacial score (nSPS) is 11.2. The Hall–Kier alpha value is -3.39. The van der Waals surface area contributed by atoms with Gasteiger partial charge in [-0.05, 0) is 36.2 Å². The van der Waals surface area contributed by atoms with Gasteiger partial charge in [0.15, 0.2) is 0 Å². The predicted octanol–water partition coefficient (Wildman–Crippen LogP) is 4.17. The topological polar surface area (TPSA) is 85.2 Å². The fraction of sp³-hybridized carbons (Fsp3) is 0.320. The summed E-state index contributed by atoms with van der Waals surface area (Å²) in [7, 11) is 0.00307. The number of nitrogens with one attached hydrogen (secondary N) is 2. The van der Waals surface area contributed by atoms with Gasteiger partial charge in [-0.25, -0.2) is 0 Å². The Kier molecular flexibility index (Phi) is 7.38.